The molecule has 0 bridgehead atoms. The van der Waals surface area contributed by atoms with E-state index in [4.69, 9.17) is 0 Å². The normalized spacial score (nSPS) is 25.6. The highest BCUT2D eigenvalue weighted by atomic mass is 15.1. The van der Waals surface area contributed by atoms with Crippen LogP contribution in [0.4, 0.5) is 0 Å². The second kappa shape index (κ2) is 6.19. The summed E-state index contributed by atoms with van der Waals surface area (Å²) in [4.78, 5) is 5.00. The van der Waals surface area contributed by atoms with Crippen molar-refractivity contribution in [2.45, 2.75) is 51.4 Å². The van der Waals surface area contributed by atoms with Crippen LogP contribution in [0.15, 0.2) is 0 Å². The molecule has 2 rings (SSSR count). The molecule has 100 valence electrons. The quantitative estimate of drug-likeness (QED) is 0.743. The van der Waals surface area contributed by atoms with Crippen LogP contribution in [0.3, 0.4) is 0 Å². The lowest BCUT2D eigenvalue weighted by Gasteiger charge is -2.44. The van der Waals surface area contributed by atoms with E-state index in [0.29, 0.717) is 0 Å². The van der Waals surface area contributed by atoms with Gasteiger partial charge in [0.1, 0.15) is 0 Å². The number of nitrogens with zero attached hydrogens (tertiary/aromatic N) is 2. The molecular formula is C15H30N2. The van der Waals surface area contributed by atoms with E-state index in [0.717, 1.165) is 5.41 Å². The molecule has 0 amide bonds. The van der Waals surface area contributed by atoms with Crippen molar-refractivity contribution in [3.63, 3.8) is 0 Å². The van der Waals surface area contributed by atoms with Gasteiger partial charge in [-0.3, -0.25) is 0 Å². The molecule has 0 radical (unpaired) electrons. The van der Waals surface area contributed by atoms with Crippen molar-refractivity contribution in [3.05, 3.63) is 0 Å². The first-order valence-corrected chi connectivity index (χ1v) is 7.57. The summed E-state index contributed by atoms with van der Waals surface area (Å²) in [7, 11) is 4.35. The Labute approximate surface area is 107 Å². The molecule has 0 atom stereocenters. The number of likely N-dealkylation sites (tertiary alicyclic amines) is 1. The smallest absolute Gasteiger partial charge is 0.000654 e. The fraction of sp³-hybridized carbons (Fsp3) is 1.00. The zero-order valence-corrected chi connectivity index (χ0v) is 11.9. The van der Waals surface area contributed by atoms with E-state index in [1.165, 1.54) is 77.5 Å². The minimum absolute atomic E-state index is 0.774. The Kier molecular flexibility index (Phi) is 4.87. The molecule has 0 aromatic rings. The fourth-order valence-electron chi connectivity index (χ4n) is 3.66. The van der Waals surface area contributed by atoms with Gasteiger partial charge in [-0.25, -0.2) is 0 Å². The van der Waals surface area contributed by atoms with Gasteiger partial charge in [0, 0.05) is 0 Å². The molecule has 0 unspecified atom stereocenters. The van der Waals surface area contributed by atoms with Crippen LogP contribution in [0.25, 0.3) is 0 Å². The molecule has 17 heavy (non-hydrogen) atoms. The molecule has 1 saturated heterocycles. The maximum atomic E-state index is 2.70. The maximum Gasteiger partial charge on any atom is -0.000654 e. The minimum Gasteiger partial charge on any atom is -0.309 e. The van der Waals surface area contributed by atoms with Crippen molar-refractivity contribution >= 4 is 0 Å². The molecule has 0 aromatic carbocycles. The average Bonchev–Trinajstić information content (AvgIpc) is 2.33. The van der Waals surface area contributed by atoms with Gasteiger partial charge in [0.15, 0.2) is 0 Å². The van der Waals surface area contributed by atoms with E-state index in [9.17, 15) is 0 Å². The topological polar surface area (TPSA) is 6.48 Å². The van der Waals surface area contributed by atoms with Crippen molar-refractivity contribution in [2.24, 2.45) is 5.41 Å². The highest BCUT2D eigenvalue weighted by Gasteiger charge is 2.35. The lowest BCUT2D eigenvalue weighted by atomic mass is 9.68. The van der Waals surface area contributed by atoms with E-state index in [1.807, 2.05) is 0 Å². The van der Waals surface area contributed by atoms with Gasteiger partial charge in [-0.1, -0.05) is 19.3 Å². The summed E-state index contributed by atoms with van der Waals surface area (Å²) in [6.45, 7) is 5.29. The Morgan fingerprint density at radius 3 is 2.18 bits per heavy atom. The molecule has 1 heterocycles. The van der Waals surface area contributed by atoms with Gasteiger partial charge in [-0.2, -0.15) is 0 Å². The lowest BCUT2D eigenvalue weighted by molar-refractivity contribution is 0.0663. The van der Waals surface area contributed by atoms with Crippen molar-refractivity contribution in [1.82, 2.24) is 9.80 Å². The Hall–Kier alpha value is -0.0800. The Morgan fingerprint density at radius 2 is 1.59 bits per heavy atom. The Bertz CT molecular complexity index is 209. The number of rotatable bonds is 4. The second-order valence-electron chi connectivity index (χ2n) is 6.56. The van der Waals surface area contributed by atoms with E-state index in [-0.39, 0.29) is 0 Å². The van der Waals surface area contributed by atoms with Crippen LogP contribution in [-0.2, 0) is 0 Å². The van der Waals surface area contributed by atoms with Crippen LogP contribution < -0.4 is 0 Å². The number of hydrogen-bond donors (Lipinski definition) is 0. The zero-order chi connectivity index (χ0) is 12.1. The Balaban J connectivity index is 1.66. The molecule has 2 fully saturated rings. The second-order valence-corrected chi connectivity index (χ2v) is 6.56. The van der Waals surface area contributed by atoms with Gasteiger partial charge in [0.2, 0.25) is 0 Å². The van der Waals surface area contributed by atoms with Crippen LogP contribution in [0.5, 0.6) is 0 Å². The molecule has 2 heteroatoms. The van der Waals surface area contributed by atoms with E-state index in [2.05, 4.69) is 23.9 Å². The van der Waals surface area contributed by atoms with Crippen molar-refractivity contribution in [3.8, 4) is 0 Å². The van der Waals surface area contributed by atoms with Gasteiger partial charge in [0.25, 0.3) is 0 Å². The SMILES string of the molecule is CN(C)CCCN1CCC2(CCCCC2)CC1. The predicted octanol–water partition coefficient (Wildman–Crippen LogP) is 2.98. The third kappa shape index (κ3) is 3.96. The molecule has 1 aliphatic carbocycles. The molecule has 1 spiro atoms. The largest absolute Gasteiger partial charge is 0.309 e. The van der Waals surface area contributed by atoms with Gasteiger partial charge in [-0.15, -0.1) is 0 Å². The first-order chi connectivity index (χ1) is 8.20. The van der Waals surface area contributed by atoms with E-state index < -0.39 is 0 Å². The number of hydrogen-bond acceptors (Lipinski definition) is 2. The fourth-order valence-corrected chi connectivity index (χ4v) is 3.66. The van der Waals surface area contributed by atoms with Crippen molar-refractivity contribution < 1.29 is 0 Å². The van der Waals surface area contributed by atoms with Crippen molar-refractivity contribution in [2.75, 3.05) is 40.3 Å². The van der Waals surface area contributed by atoms with Gasteiger partial charge in [-0.05, 0) is 77.8 Å². The minimum atomic E-state index is 0.774. The summed E-state index contributed by atoms with van der Waals surface area (Å²) in [6, 6.07) is 0. The predicted molar refractivity (Wildman–Crippen MR) is 74.4 cm³/mol. The van der Waals surface area contributed by atoms with Gasteiger partial charge in [0.05, 0.1) is 0 Å². The highest BCUT2D eigenvalue weighted by Crippen LogP contribution is 2.44. The summed E-state index contributed by atoms with van der Waals surface area (Å²) in [5, 5.41) is 0. The molecule has 0 aromatic heterocycles. The van der Waals surface area contributed by atoms with Crippen LogP contribution in [0.2, 0.25) is 0 Å². The molecule has 0 N–H and O–H groups in total. The molecular weight excluding hydrogens is 208 g/mol. The summed E-state index contributed by atoms with van der Waals surface area (Å²) < 4.78 is 0. The zero-order valence-electron chi connectivity index (χ0n) is 11.9. The molecule has 1 saturated carbocycles. The van der Waals surface area contributed by atoms with Gasteiger partial charge >= 0.3 is 0 Å². The van der Waals surface area contributed by atoms with E-state index in [1.54, 1.807) is 0 Å². The molecule has 2 nitrogen and oxygen atoms in total. The van der Waals surface area contributed by atoms with Crippen LogP contribution >= 0.6 is 0 Å². The first kappa shape index (κ1) is 13.4. The maximum absolute atomic E-state index is 2.70. The molecule has 2 aliphatic rings. The average molecular weight is 238 g/mol. The summed E-state index contributed by atoms with van der Waals surface area (Å²) in [6.07, 6.45) is 11.8. The summed E-state index contributed by atoms with van der Waals surface area (Å²) in [5.74, 6) is 0. The van der Waals surface area contributed by atoms with Crippen molar-refractivity contribution in [1.29, 1.82) is 0 Å². The standard InChI is InChI=1S/C15H30N2/c1-16(2)11-6-12-17-13-9-15(10-14-17)7-4-3-5-8-15/h3-14H2,1-2H3. The highest BCUT2D eigenvalue weighted by molar-refractivity contribution is 4.88. The third-order valence-electron chi connectivity index (χ3n) is 4.91. The number of piperidine rings is 1. The van der Waals surface area contributed by atoms with Gasteiger partial charge < -0.3 is 9.80 Å². The van der Waals surface area contributed by atoms with E-state index >= 15 is 0 Å². The molecule has 1 aliphatic heterocycles. The van der Waals surface area contributed by atoms with Crippen LogP contribution in [-0.4, -0.2) is 50.1 Å². The van der Waals surface area contributed by atoms with Crippen LogP contribution in [0.1, 0.15) is 51.4 Å². The lowest BCUT2D eigenvalue weighted by Crippen LogP contribution is -2.41. The Morgan fingerprint density at radius 1 is 0.941 bits per heavy atom. The monoisotopic (exact) mass is 238 g/mol. The first-order valence-electron chi connectivity index (χ1n) is 7.57. The summed E-state index contributed by atoms with van der Waals surface area (Å²) >= 11 is 0. The summed E-state index contributed by atoms with van der Waals surface area (Å²) in [5.41, 5.74) is 0.774. The third-order valence-corrected chi connectivity index (χ3v) is 4.91. The van der Waals surface area contributed by atoms with Crippen LogP contribution in [0, 0.1) is 5.41 Å².